The molecule has 0 aliphatic carbocycles. The molecule has 0 radical (unpaired) electrons. The topological polar surface area (TPSA) is 95.9 Å². The summed E-state index contributed by atoms with van der Waals surface area (Å²) in [6, 6.07) is 9.11. The minimum Gasteiger partial charge on any atom is -0.481 e. The predicted octanol–water partition coefficient (Wildman–Crippen LogP) is 2.93. The molecule has 2 aromatic rings. The lowest BCUT2D eigenvalue weighted by Crippen LogP contribution is -2.37. The smallest absolute Gasteiger partial charge is 0.416 e. The molecule has 166 valence electrons. The second-order valence-corrected chi connectivity index (χ2v) is 6.64. The number of carbonyl (C=O) groups is 3. The van der Waals surface area contributed by atoms with Crippen LogP contribution in [-0.2, 0) is 27.1 Å². The molecule has 0 heterocycles. The molecule has 0 aliphatic rings. The van der Waals surface area contributed by atoms with E-state index in [1.54, 1.807) is 24.3 Å². The lowest BCUT2D eigenvalue weighted by atomic mass is 9.99. The molecule has 0 saturated carbocycles. The summed E-state index contributed by atoms with van der Waals surface area (Å²) in [5, 5.41) is 11.3. The van der Waals surface area contributed by atoms with E-state index in [1.165, 1.54) is 18.9 Å². The van der Waals surface area contributed by atoms with Gasteiger partial charge in [-0.15, -0.1) is 0 Å². The molecular formula is C21H21F3N2O5. The Balaban J connectivity index is 2.44. The third kappa shape index (κ3) is 6.73. The van der Waals surface area contributed by atoms with Gasteiger partial charge in [-0.1, -0.05) is 18.2 Å². The van der Waals surface area contributed by atoms with Gasteiger partial charge in [0.25, 0.3) is 0 Å². The van der Waals surface area contributed by atoms with Crippen LogP contribution in [0.25, 0.3) is 11.1 Å². The Morgan fingerprint density at radius 3 is 2.42 bits per heavy atom. The van der Waals surface area contributed by atoms with Crippen molar-refractivity contribution in [3.8, 4) is 16.9 Å². The van der Waals surface area contributed by atoms with Gasteiger partial charge in [0.1, 0.15) is 5.75 Å². The highest BCUT2D eigenvalue weighted by Gasteiger charge is 2.31. The summed E-state index contributed by atoms with van der Waals surface area (Å²) in [6.07, 6.45) is -4.60. The summed E-state index contributed by atoms with van der Waals surface area (Å²) >= 11 is 0. The van der Waals surface area contributed by atoms with E-state index in [4.69, 9.17) is 9.84 Å². The standard InChI is InChI=1S/C21H21F3N2O5/c1-13(27)26(11-19(28)25-2)10-14-4-3-5-15(8-14)17-9-16(21(22,23)24)6-7-18(17)31-12-20(29)30/h3-9H,10-12H2,1-2H3,(H,25,28)(H,29,30). The Kier molecular flexibility index (Phi) is 7.62. The van der Waals surface area contributed by atoms with Crippen LogP contribution in [0.2, 0.25) is 0 Å². The van der Waals surface area contributed by atoms with E-state index in [9.17, 15) is 27.6 Å². The number of aliphatic carboxylic acids is 1. The SMILES string of the molecule is CNC(=O)CN(Cc1cccc(-c2cc(C(F)(F)F)ccc2OCC(=O)O)c1)C(C)=O. The molecule has 0 fully saturated rings. The summed E-state index contributed by atoms with van der Waals surface area (Å²) in [7, 11) is 1.44. The number of benzene rings is 2. The van der Waals surface area contributed by atoms with Crippen molar-refractivity contribution in [1.29, 1.82) is 0 Å². The average Bonchev–Trinajstić information content (AvgIpc) is 2.70. The van der Waals surface area contributed by atoms with Crippen molar-refractivity contribution in [2.45, 2.75) is 19.6 Å². The summed E-state index contributed by atoms with van der Waals surface area (Å²) in [5.41, 5.74) is 0.0461. The molecule has 0 unspecified atom stereocenters. The number of alkyl halides is 3. The first kappa shape index (κ1) is 23.7. The first-order valence-corrected chi connectivity index (χ1v) is 9.12. The number of nitrogens with one attached hydrogen (secondary N) is 1. The van der Waals surface area contributed by atoms with Gasteiger partial charge in [-0.25, -0.2) is 4.79 Å². The molecule has 0 aromatic heterocycles. The van der Waals surface area contributed by atoms with E-state index < -0.39 is 24.3 Å². The zero-order chi connectivity index (χ0) is 23.2. The number of amides is 2. The van der Waals surface area contributed by atoms with Gasteiger partial charge < -0.3 is 20.1 Å². The molecular weight excluding hydrogens is 417 g/mol. The minimum absolute atomic E-state index is 0.0265. The van der Waals surface area contributed by atoms with Crippen LogP contribution in [0, 0.1) is 0 Å². The van der Waals surface area contributed by atoms with Crippen LogP contribution >= 0.6 is 0 Å². The molecule has 2 aromatic carbocycles. The van der Waals surface area contributed by atoms with Crippen LogP contribution in [-0.4, -0.2) is 48.0 Å². The normalized spacial score (nSPS) is 11.0. The Bertz CT molecular complexity index is 976. The van der Waals surface area contributed by atoms with Gasteiger partial charge in [-0.2, -0.15) is 13.2 Å². The van der Waals surface area contributed by atoms with E-state index >= 15 is 0 Å². The van der Waals surface area contributed by atoms with Crippen molar-refractivity contribution in [1.82, 2.24) is 10.2 Å². The summed E-state index contributed by atoms with van der Waals surface area (Å²) in [6.45, 7) is 0.465. The van der Waals surface area contributed by atoms with Gasteiger partial charge >= 0.3 is 12.1 Å². The maximum atomic E-state index is 13.2. The number of hydrogen-bond acceptors (Lipinski definition) is 4. The fraction of sp³-hybridized carbons (Fsp3) is 0.286. The fourth-order valence-corrected chi connectivity index (χ4v) is 2.79. The quantitative estimate of drug-likeness (QED) is 0.661. The first-order valence-electron chi connectivity index (χ1n) is 9.12. The van der Waals surface area contributed by atoms with Crippen LogP contribution in [0.1, 0.15) is 18.1 Å². The number of carboxylic acids is 1. The maximum absolute atomic E-state index is 13.2. The zero-order valence-electron chi connectivity index (χ0n) is 16.8. The monoisotopic (exact) mass is 438 g/mol. The molecule has 0 atom stereocenters. The van der Waals surface area contributed by atoms with Crippen molar-refractivity contribution in [2.24, 2.45) is 0 Å². The van der Waals surface area contributed by atoms with Gasteiger partial charge in [0.05, 0.1) is 12.1 Å². The molecule has 2 N–H and O–H groups in total. The largest absolute Gasteiger partial charge is 0.481 e. The van der Waals surface area contributed by atoms with Crippen molar-refractivity contribution < 1.29 is 37.4 Å². The summed E-state index contributed by atoms with van der Waals surface area (Å²) in [5.74, 6) is -2.01. The molecule has 0 spiro atoms. The van der Waals surface area contributed by atoms with Crippen LogP contribution in [0.15, 0.2) is 42.5 Å². The van der Waals surface area contributed by atoms with Gasteiger partial charge in [0.15, 0.2) is 6.61 Å². The van der Waals surface area contributed by atoms with Crippen molar-refractivity contribution in [3.63, 3.8) is 0 Å². The highest BCUT2D eigenvalue weighted by atomic mass is 19.4. The Hall–Kier alpha value is -3.56. The molecule has 2 amide bonds. The number of rotatable bonds is 8. The fourth-order valence-electron chi connectivity index (χ4n) is 2.79. The van der Waals surface area contributed by atoms with Crippen LogP contribution in [0.3, 0.4) is 0 Å². The Labute approximate surface area is 176 Å². The number of ether oxygens (including phenoxy) is 1. The second kappa shape index (κ2) is 9.96. The average molecular weight is 438 g/mol. The van der Waals surface area contributed by atoms with Crippen LogP contribution in [0.4, 0.5) is 13.2 Å². The second-order valence-electron chi connectivity index (χ2n) is 6.64. The molecule has 0 bridgehead atoms. The van der Waals surface area contributed by atoms with Gasteiger partial charge in [0, 0.05) is 26.1 Å². The third-order valence-corrected chi connectivity index (χ3v) is 4.33. The lowest BCUT2D eigenvalue weighted by Gasteiger charge is -2.21. The third-order valence-electron chi connectivity index (χ3n) is 4.33. The maximum Gasteiger partial charge on any atom is 0.416 e. The Morgan fingerprint density at radius 2 is 1.84 bits per heavy atom. The van der Waals surface area contributed by atoms with E-state index in [1.807, 2.05) is 0 Å². The molecule has 0 saturated heterocycles. The van der Waals surface area contributed by atoms with E-state index in [0.29, 0.717) is 11.1 Å². The van der Waals surface area contributed by atoms with Gasteiger partial charge in [-0.3, -0.25) is 9.59 Å². The highest BCUT2D eigenvalue weighted by Crippen LogP contribution is 2.37. The summed E-state index contributed by atoms with van der Waals surface area (Å²) in [4.78, 5) is 35.6. The van der Waals surface area contributed by atoms with E-state index in [2.05, 4.69) is 5.32 Å². The summed E-state index contributed by atoms with van der Waals surface area (Å²) < 4.78 is 44.8. The molecule has 7 nitrogen and oxygen atoms in total. The molecule has 31 heavy (non-hydrogen) atoms. The van der Waals surface area contributed by atoms with Crippen molar-refractivity contribution in [2.75, 3.05) is 20.2 Å². The van der Waals surface area contributed by atoms with Crippen molar-refractivity contribution in [3.05, 3.63) is 53.6 Å². The molecule has 10 heteroatoms. The number of likely N-dealkylation sites (N-methyl/N-ethyl adjacent to an activating group) is 1. The number of carbonyl (C=O) groups excluding carboxylic acids is 2. The molecule has 0 aliphatic heterocycles. The Morgan fingerprint density at radius 1 is 1.13 bits per heavy atom. The van der Waals surface area contributed by atoms with E-state index in [0.717, 1.165) is 18.2 Å². The lowest BCUT2D eigenvalue weighted by molar-refractivity contribution is -0.140. The minimum atomic E-state index is -4.60. The first-order chi connectivity index (χ1) is 14.5. The number of carboxylic acid groups (broad SMARTS) is 1. The van der Waals surface area contributed by atoms with Crippen LogP contribution in [0.5, 0.6) is 5.75 Å². The molecule has 2 rings (SSSR count). The van der Waals surface area contributed by atoms with Gasteiger partial charge in [0.2, 0.25) is 11.8 Å². The highest BCUT2D eigenvalue weighted by molar-refractivity contribution is 5.83. The van der Waals surface area contributed by atoms with Crippen LogP contribution < -0.4 is 10.1 Å². The number of nitrogens with zero attached hydrogens (tertiary/aromatic N) is 1. The number of halogens is 3. The van der Waals surface area contributed by atoms with Crippen molar-refractivity contribution >= 4 is 17.8 Å². The van der Waals surface area contributed by atoms with Gasteiger partial charge in [-0.05, 0) is 35.4 Å². The van der Waals surface area contributed by atoms with E-state index in [-0.39, 0.29) is 36.2 Å². The number of hydrogen-bond donors (Lipinski definition) is 2. The predicted molar refractivity (Wildman–Crippen MR) is 105 cm³/mol. The zero-order valence-corrected chi connectivity index (χ0v) is 16.8.